The van der Waals surface area contributed by atoms with Crippen LogP contribution in [0.2, 0.25) is 0 Å². The number of amides is 2. The number of carbonyl (C=O) groups is 2. The van der Waals surface area contributed by atoms with Gasteiger partial charge in [-0.05, 0) is 87.2 Å². The van der Waals surface area contributed by atoms with E-state index in [2.05, 4.69) is 59.1 Å². The van der Waals surface area contributed by atoms with Crippen LogP contribution < -0.4 is 5.32 Å². The molecule has 4 rings (SSSR count). The Labute approximate surface area is 281 Å². The molecule has 2 heterocycles. The van der Waals surface area contributed by atoms with Crippen LogP contribution in [0.1, 0.15) is 93.5 Å². The summed E-state index contributed by atoms with van der Waals surface area (Å²) in [5.41, 5.74) is 6.93. The molecule has 0 spiro atoms. The monoisotopic (exact) mass is 642 g/mol. The molecule has 2 aromatic rings. The maximum Gasteiger partial charge on any atom is 0.253 e. The minimum Gasteiger partial charge on any atom is -0.378 e. The predicted octanol–water partition coefficient (Wildman–Crippen LogP) is 5.38. The molecule has 2 aliphatic rings. The number of carbonyl (C=O) groups excluding carboxylic acids is 2. The predicted molar refractivity (Wildman–Crippen MR) is 188 cm³/mol. The molecule has 2 amide bonds. The van der Waals surface area contributed by atoms with Crippen molar-refractivity contribution in [1.82, 2.24) is 35.2 Å². The van der Waals surface area contributed by atoms with E-state index in [0.717, 1.165) is 61.2 Å². The molecule has 254 valence electrons. The number of rotatable bonds is 12. The van der Waals surface area contributed by atoms with Crippen molar-refractivity contribution in [1.29, 1.82) is 5.26 Å². The molecule has 1 saturated heterocycles. The van der Waals surface area contributed by atoms with Crippen LogP contribution in [0, 0.1) is 11.3 Å². The molecule has 1 fully saturated rings. The van der Waals surface area contributed by atoms with Gasteiger partial charge in [0.05, 0.1) is 18.0 Å². The summed E-state index contributed by atoms with van der Waals surface area (Å²) in [7, 11) is 7.57. The Morgan fingerprint density at radius 3 is 2.57 bits per heavy atom. The fraction of sp³-hybridized carbons (Fsp3) is 0.541. The van der Waals surface area contributed by atoms with Crippen LogP contribution in [-0.4, -0.2) is 95.6 Å². The van der Waals surface area contributed by atoms with Crippen molar-refractivity contribution in [3.8, 4) is 6.07 Å². The first-order chi connectivity index (χ1) is 22.5. The van der Waals surface area contributed by atoms with Crippen molar-refractivity contribution in [3.05, 3.63) is 82.1 Å². The highest BCUT2D eigenvalue weighted by Crippen LogP contribution is 2.47. The van der Waals surface area contributed by atoms with Crippen molar-refractivity contribution < 1.29 is 9.59 Å². The van der Waals surface area contributed by atoms with E-state index >= 15 is 0 Å². The second-order valence-electron chi connectivity index (χ2n) is 12.5. The molecule has 1 aliphatic carbocycles. The number of likely N-dealkylation sites (tertiary alicyclic amines) is 1. The fourth-order valence-corrected chi connectivity index (χ4v) is 6.77. The Bertz CT molecular complexity index is 1500. The number of likely N-dealkylation sites (N-methyl/N-ethyl adjacent to an activating group) is 1. The lowest BCUT2D eigenvalue weighted by Crippen LogP contribution is -2.42. The summed E-state index contributed by atoms with van der Waals surface area (Å²) >= 11 is 0. The Balaban J connectivity index is 0.00000294. The summed E-state index contributed by atoms with van der Waals surface area (Å²) in [4.78, 5) is 36.1. The minimum atomic E-state index is -0.658. The largest absolute Gasteiger partial charge is 0.378 e. The van der Waals surface area contributed by atoms with Crippen LogP contribution in [0.25, 0.3) is 0 Å². The number of hydrogen-bond donors (Lipinski definition) is 2. The summed E-state index contributed by atoms with van der Waals surface area (Å²) in [6.45, 7) is 14.0. The maximum atomic E-state index is 13.0. The zero-order chi connectivity index (χ0) is 34.7. The lowest BCUT2D eigenvalue weighted by molar-refractivity contribution is -0.130. The zero-order valence-corrected chi connectivity index (χ0v) is 29.7. The lowest BCUT2D eigenvalue weighted by Gasteiger charge is -2.36. The number of aryl methyl sites for hydroxylation is 1. The van der Waals surface area contributed by atoms with Gasteiger partial charge in [-0.2, -0.15) is 10.4 Å². The molecular weight excluding hydrogens is 588 g/mol. The number of hydrogen-bond acceptors (Lipinski definition) is 7. The van der Waals surface area contributed by atoms with Crippen LogP contribution in [-0.2, 0) is 16.6 Å². The van der Waals surface area contributed by atoms with E-state index in [0.29, 0.717) is 25.1 Å². The average Bonchev–Trinajstić information content (AvgIpc) is 3.78. The molecule has 47 heavy (non-hydrogen) atoms. The van der Waals surface area contributed by atoms with Gasteiger partial charge in [-0.15, -0.1) is 0 Å². The first-order valence-electron chi connectivity index (χ1n) is 16.9. The topological polar surface area (TPSA) is 121 Å². The van der Waals surface area contributed by atoms with Crippen LogP contribution in [0.4, 0.5) is 0 Å². The second kappa shape index (κ2) is 17.1. The fourth-order valence-electron chi connectivity index (χ4n) is 6.77. The highest BCUT2D eigenvalue weighted by atomic mass is 16.2. The van der Waals surface area contributed by atoms with Crippen LogP contribution in [0.3, 0.4) is 0 Å². The van der Waals surface area contributed by atoms with Gasteiger partial charge in [0.2, 0.25) is 5.91 Å². The summed E-state index contributed by atoms with van der Waals surface area (Å²) in [5, 5.41) is 20.3. The van der Waals surface area contributed by atoms with Gasteiger partial charge in [0.25, 0.3) is 5.91 Å². The van der Waals surface area contributed by atoms with Gasteiger partial charge >= 0.3 is 0 Å². The highest BCUT2D eigenvalue weighted by Gasteiger charge is 2.43. The molecule has 2 N–H and O–H groups in total. The third-order valence-corrected chi connectivity index (χ3v) is 9.47. The van der Waals surface area contributed by atoms with Crippen LogP contribution in [0.15, 0.2) is 59.6 Å². The van der Waals surface area contributed by atoms with Gasteiger partial charge in [0.1, 0.15) is 18.2 Å². The Morgan fingerprint density at radius 1 is 1.21 bits per heavy atom. The summed E-state index contributed by atoms with van der Waals surface area (Å²) in [6, 6.07) is 7.94. The van der Waals surface area contributed by atoms with E-state index in [4.69, 9.17) is 4.98 Å². The van der Waals surface area contributed by atoms with Crippen molar-refractivity contribution in [3.63, 3.8) is 0 Å². The molecule has 10 heteroatoms. The van der Waals surface area contributed by atoms with E-state index in [1.165, 1.54) is 16.7 Å². The smallest absolute Gasteiger partial charge is 0.253 e. The number of benzene rings is 1. The average molecular weight is 643 g/mol. The van der Waals surface area contributed by atoms with E-state index in [-0.39, 0.29) is 24.4 Å². The number of H-pyrrole nitrogens is 1. The van der Waals surface area contributed by atoms with Gasteiger partial charge in [0, 0.05) is 46.0 Å². The van der Waals surface area contributed by atoms with Gasteiger partial charge in [-0.1, -0.05) is 50.6 Å². The molecule has 2 atom stereocenters. The van der Waals surface area contributed by atoms with E-state index in [1.54, 1.807) is 30.2 Å². The molecule has 0 bridgehead atoms. The molecular formula is C37H54N8O2. The van der Waals surface area contributed by atoms with Crippen molar-refractivity contribution in [2.24, 2.45) is 0 Å². The molecule has 1 aromatic heterocycles. The normalized spacial score (nSPS) is 19.3. The van der Waals surface area contributed by atoms with Crippen LogP contribution >= 0.6 is 0 Å². The van der Waals surface area contributed by atoms with Crippen LogP contribution in [0.5, 0.6) is 0 Å². The standard InChI is InChI=1S/C35H48N8O2.C2H6/c1-8-26(25(3)41(4)5)11-12-27-13-14-28-20-29(33(45)42(6)7)15-16-31(28)35(24(27)2,34-38-23-39-40-34)17-18-37-22-32(44)43-19-9-10-30(43)21-36;1-2/h11,15-16,20,23,30,37H,3,8-10,12-14,17-19,22H2,1-2,4-7H3,(H,38,39,40);1-2H3/b26-11+;. The molecule has 2 unspecified atom stereocenters. The first-order valence-corrected chi connectivity index (χ1v) is 16.9. The van der Waals surface area contributed by atoms with E-state index < -0.39 is 5.41 Å². The van der Waals surface area contributed by atoms with E-state index in [9.17, 15) is 14.9 Å². The van der Waals surface area contributed by atoms with Gasteiger partial charge in [-0.25, -0.2) is 4.98 Å². The molecule has 0 saturated carbocycles. The summed E-state index contributed by atoms with van der Waals surface area (Å²) < 4.78 is 0. The number of nitriles is 1. The maximum absolute atomic E-state index is 13.0. The van der Waals surface area contributed by atoms with Gasteiger partial charge in [0.15, 0.2) is 0 Å². The molecule has 1 aromatic carbocycles. The number of aromatic nitrogens is 3. The van der Waals surface area contributed by atoms with Crippen molar-refractivity contribution in [2.45, 2.75) is 84.1 Å². The Hall–Kier alpha value is -4.23. The van der Waals surface area contributed by atoms with E-state index in [1.807, 2.05) is 40.1 Å². The molecule has 1 aliphatic heterocycles. The van der Waals surface area contributed by atoms with Crippen molar-refractivity contribution >= 4 is 11.8 Å². The number of aromatic amines is 1. The molecule has 0 radical (unpaired) electrons. The van der Waals surface area contributed by atoms with Gasteiger partial charge < -0.3 is 20.0 Å². The zero-order valence-electron chi connectivity index (χ0n) is 29.7. The Morgan fingerprint density at radius 2 is 1.96 bits per heavy atom. The summed E-state index contributed by atoms with van der Waals surface area (Å²) in [5.74, 6) is 0.654. The first kappa shape index (κ1) is 37.2. The lowest BCUT2D eigenvalue weighted by atomic mass is 9.69. The third kappa shape index (κ3) is 8.20. The van der Waals surface area contributed by atoms with Gasteiger partial charge in [-0.3, -0.25) is 14.7 Å². The number of allylic oxidation sites excluding steroid dienone is 4. The minimum absolute atomic E-state index is 0.0345. The summed E-state index contributed by atoms with van der Waals surface area (Å²) in [6.07, 6.45) is 9.32. The Kier molecular flexibility index (Phi) is 13.5. The highest BCUT2D eigenvalue weighted by molar-refractivity contribution is 5.94. The SMILES string of the molecule is C=C(/C(=C/CC1=C(C)C(CCNCC(=O)N2CCCC2C#N)(c2ncn[nH]2)c2ccc(C(=O)N(C)C)cc2CC1)CC)N(C)C.CC. The molecule has 10 nitrogen and oxygen atoms in total. The number of nitrogens with zero attached hydrogens (tertiary/aromatic N) is 6. The number of fused-ring (bicyclic) bond motifs is 1. The second-order valence-corrected chi connectivity index (χ2v) is 12.5. The third-order valence-electron chi connectivity index (χ3n) is 9.47. The van der Waals surface area contributed by atoms with Crippen molar-refractivity contribution in [2.75, 3.05) is 47.8 Å². The number of nitrogens with one attached hydrogen (secondary N) is 2. The quantitative estimate of drug-likeness (QED) is 0.181.